The van der Waals surface area contributed by atoms with E-state index in [9.17, 15) is 5.26 Å². The van der Waals surface area contributed by atoms with Gasteiger partial charge in [-0.3, -0.25) is 0 Å². The molecule has 0 amide bonds. The summed E-state index contributed by atoms with van der Waals surface area (Å²) < 4.78 is 6.30. The van der Waals surface area contributed by atoms with Crippen LogP contribution in [0.5, 0.6) is 5.75 Å². The number of nitriles is 1. The van der Waals surface area contributed by atoms with Crippen LogP contribution in [-0.2, 0) is 0 Å². The summed E-state index contributed by atoms with van der Waals surface area (Å²) in [4.78, 5) is 0. The summed E-state index contributed by atoms with van der Waals surface area (Å²) in [5, 5.41) is 19.1. The Morgan fingerprint density at radius 3 is 2.16 bits per heavy atom. The van der Waals surface area contributed by atoms with Crippen LogP contribution in [0, 0.1) is 16.7 Å². The lowest BCUT2D eigenvalue weighted by atomic mass is 9.66. The third-order valence-corrected chi connectivity index (χ3v) is 8.51. The summed E-state index contributed by atoms with van der Waals surface area (Å²) in [6.45, 7) is 4.77. The van der Waals surface area contributed by atoms with E-state index >= 15 is 0 Å². The van der Waals surface area contributed by atoms with Crippen LogP contribution in [0.15, 0.2) is 48.5 Å². The Hall–Kier alpha value is -2.31. The predicted octanol–water partition coefficient (Wildman–Crippen LogP) is 9.98. The van der Waals surface area contributed by atoms with Crippen molar-refractivity contribution >= 4 is 0 Å². The molecule has 0 heterocycles. The van der Waals surface area contributed by atoms with E-state index in [1.165, 1.54) is 55.2 Å². The minimum atomic E-state index is -0.157. The Bertz CT molecular complexity index is 945. The van der Waals surface area contributed by atoms with Gasteiger partial charge in [0.25, 0.3) is 0 Å². The molecule has 2 aromatic rings. The van der Waals surface area contributed by atoms with Crippen LogP contribution in [0.1, 0.15) is 128 Å². The van der Waals surface area contributed by atoms with Gasteiger partial charge < -0.3 is 9.84 Å². The maximum atomic E-state index is 10.1. The number of unbranched alkanes of at least 4 members (excludes halogenated alkanes) is 6. The molecule has 1 aliphatic rings. The van der Waals surface area contributed by atoms with Crippen molar-refractivity contribution < 1.29 is 9.84 Å². The fourth-order valence-corrected chi connectivity index (χ4v) is 6.20. The van der Waals surface area contributed by atoms with Gasteiger partial charge in [-0.2, -0.15) is 5.26 Å². The number of ether oxygens (including phenoxy) is 1. The van der Waals surface area contributed by atoms with E-state index in [0.717, 1.165) is 70.0 Å². The fourth-order valence-electron chi connectivity index (χ4n) is 6.20. The van der Waals surface area contributed by atoms with E-state index in [-0.39, 0.29) is 5.41 Å². The van der Waals surface area contributed by atoms with Crippen LogP contribution in [0.2, 0.25) is 0 Å². The highest BCUT2D eigenvalue weighted by molar-refractivity contribution is 5.64. The van der Waals surface area contributed by atoms with Gasteiger partial charge in [0.05, 0.1) is 17.6 Å². The standard InChI is InChI=1S/C35H51NO2/c1-3-5-15-33(13-4-2)38-34-22-20-30(21-23-34)29-16-18-31(19-17-29)32-14-12-25-35(27-32,28-36)24-10-8-6-7-9-11-26-37/h16-23,32-33,37H,3-15,24-27H2,1-2H3. The molecule has 1 fully saturated rings. The Kier molecular flexibility index (Phi) is 13.2. The SMILES string of the molecule is CCCCC(CCC)Oc1ccc(-c2ccc(C3CCCC(C#N)(CCCCCCCCO)C3)cc2)cc1. The summed E-state index contributed by atoms with van der Waals surface area (Å²) in [5.41, 5.74) is 3.68. The van der Waals surface area contributed by atoms with Gasteiger partial charge in [0.15, 0.2) is 0 Å². The highest BCUT2D eigenvalue weighted by atomic mass is 16.5. The Morgan fingerprint density at radius 1 is 0.868 bits per heavy atom. The van der Waals surface area contributed by atoms with Gasteiger partial charge in [-0.05, 0) is 79.7 Å². The molecule has 0 bridgehead atoms. The molecule has 0 saturated heterocycles. The average molecular weight is 518 g/mol. The molecular weight excluding hydrogens is 466 g/mol. The van der Waals surface area contributed by atoms with Gasteiger partial charge in [-0.15, -0.1) is 0 Å². The van der Waals surface area contributed by atoms with E-state index in [1.54, 1.807) is 0 Å². The zero-order valence-electron chi connectivity index (χ0n) is 24.1. The molecule has 3 atom stereocenters. The van der Waals surface area contributed by atoms with Crippen molar-refractivity contribution in [3.63, 3.8) is 0 Å². The van der Waals surface area contributed by atoms with Crippen molar-refractivity contribution in [2.24, 2.45) is 5.41 Å². The van der Waals surface area contributed by atoms with Crippen molar-refractivity contribution in [3.8, 4) is 22.9 Å². The van der Waals surface area contributed by atoms with E-state index < -0.39 is 0 Å². The second kappa shape index (κ2) is 16.6. The van der Waals surface area contributed by atoms with Crippen molar-refractivity contribution in [1.82, 2.24) is 0 Å². The van der Waals surface area contributed by atoms with Crippen LogP contribution in [-0.4, -0.2) is 17.8 Å². The lowest BCUT2D eigenvalue weighted by Crippen LogP contribution is -2.26. The molecule has 0 radical (unpaired) electrons. The summed E-state index contributed by atoms with van der Waals surface area (Å²) in [6, 6.07) is 20.4. The van der Waals surface area contributed by atoms with Crippen LogP contribution in [0.3, 0.4) is 0 Å². The first-order valence-corrected chi connectivity index (χ1v) is 15.5. The molecule has 38 heavy (non-hydrogen) atoms. The van der Waals surface area contributed by atoms with E-state index in [2.05, 4.69) is 68.4 Å². The molecule has 0 aliphatic heterocycles. The molecule has 208 valence electrons. The third kappa shape index (κ3) is 9.46. The highest BCUT2D eigenvalue weighted by Crippen LogP contribution is 2.47. The molecule has 1 N–H and O–H groups in total. The lowest BCUT2D eigenvalue weighted by Gasteiger charge is -2.36. The number of aliphatic hydroxyl groups is 1. The van der Waals surface area contributed by atoms with Gasteiger partial charge in [-0.25, -0.2) is 0 Å². The van der Waals surface area contributed by atoms with Gasteiger partial charge >= 0.3 is 0 Å². The quantitative estimate of drug-likeness (QED) is 0.212. The molecular formula is C35H51NO2. The molecule has 2 aromatic carbocycles. The normalized spacial score (nSPS) is 20.1. The largest absolute Gasteiger partial charge is 0.490 e. The molecule has 0 spiro atoms. The summed E-state index contributed by atoms with van der Waals surface area (Å²) >= 11 is 0. The summed E-state index contributed by atoms with van der Waals surface area (Å²) in [7, 11) is 0. The number of hydrogen-bond acceptors (Lipinski definition) is 3. The number of hydrogen-bond donors (Lipinski definition) is 1. The zero-order valence-corrected chi connectivity index (χ0v) is 24.1. The maximum Gasteiger partial charge on any atom is 0.119 e. The van der Waals surface area contributed by atoms with Crippen LogP contribution < -0.4 is 4.74 Å². The molecule has 3 unspecified atom stereocenters. The van der Waals surface area contributed by atoms with Gasteiger partial charge in [-0.1, -0.05) is 108 Å². The topological polar surface area (TPSA) is 53.2 Å². The minimum absolute atomic E-state index is 0.157. The van der Waals surface area contributed by atoms with E-state index in [0.29, 0.717) is 18.6 Å². The van der Waals surface area contributed by atoms with Gasteiger partial charge in [0.1, 0.15) is 5.75 Å². The summed E-state index contributed by atoms with van der Waals surface area (Å²) in [6.07, 6.45) is 18.4. The Morgan fingerprint density at radius 2 is 1.53 bits per heavy atom. The van der Waals surface area contributed by atoms with Gasteiger partial charge in [0.2, 0.25) is 0 Å². The second-order valence-electron chi connectivity index (χ2n) is 11.6. The van der Waals surface area contributed by atoms with Crippen LogP contribution in [0.25, 0.3) is 11.1 Å². The number of rotatable bonds is 17. The molecule has 0 aromatic heterocycles. The zero-order chi connectivity index (χ0) is 27.1. The molecule has 3 heteroatoms. The first kappa shape index (κ1) is 30.2. The van der Waals surface area contributed by atoms with Crippen molar-refractivity contribution in [2.75, 3.05) is 6.61 Å². The Balaban J connectivity index is 1.55. The van der Waals surface area contributed by atoms with Crippen LogP contribution >= 0.6 is 0 Å². The maximum absolute atomic E-state index is 10.1. The molecule has 3 nitrogen and oxygen atoms in total. The fraction of sp³-hybridized carbons (Fsp3) is 0.629. The van der Waals surface area contributed by atoms with Gasteiger partial charge in [0, 0.05) is 6.61 Å². The first-order chi connectivity index (χ1) is 18.6. The van der Waals surface area contributed by atoms with Crippen molar-refractivity contribution in [2.45, 2.75) is 129 Å². The monoisotopic (exact) mass is 517 g/mol. The summed E-state index contributed by atoms with van der Waals surface area (Å²) in [5.74, 6) is 1.46. The third-order valence-electron chi connectivity index (χ3n) is 8.51. The smallest absolute Gasteiger partial charge is 0.119 e. The van der Waals surface area contributed by atoms with Crippen molar-refractivity contribution in [3.05, 3.63) is 54.1 Å². The second-order valence-corrected chi connectivity index (χ2v) is 11.6. The highest BCUT2D eigenvalue weighted by Gasteiger charge is 2.36. The molecule has 3 rings (SSSR count). The number of benzene rings is 2. The number of nitrogens with zero attached hydrogens (tertiary/aromatic N) is 1. The minimum Gasteiger partial charge on any atom is -0.490 e. The first-order valence-electron chi connectivity index (χ1n) is 15.5. The molecule has 1 aliphatic carbocycles. The number of aliphatic hydroxyl groups excluding tert-OH is 1. The lowest BCUT2D eigenvalue weighted by molar-refractivity contribution is 0.176. The average Bonchev–Trinajstić information content (AvgIpc) is 2.96. The Labute approximate surface area is 232 Å². The van der Waals surface area contributed by atoms with E-state index in [1.807, 2.05) is 0 Å². The van der Waals surface area contributed by atoms with Crippen molar-refractivity contribution in [1.29, 1.82) is 5.26 Å². The van der Waals surface area contributed by atoms with E-state index in [4.69, 9.17) is 9.84 Å². The van der Waals surface area contributed by atoms with Crippen LogP contribution in [0.4, 0.5) is 0 Å². The predicted molar refractivity (Wildman–Crippen MR) is 159 cm³/mol. The molecule has 1 saturated carbocycles.